The number of hydrogen-bond acceptors (Lipinski definition) is 3. The average molecular weight is 346 g/mol. The molecule has 1 aromatic rings. The van der Waals surface area contributed by atoms with Crippen molar-refractivity contribution in [3.63, 3.8) is 0 Å². The number of carbonyl (C=O) groups is 2. The van der Waals surface area contributed by atoms with E-state index in [-0.39, 0.29) is 17.4 Å². The monoisotopic (exact) mass is 346 g/mol. The van der Waals surface area contributed by atoms with E-state index in [2.05, 4.69) is 18.8 Å². The molecule has 0 unspecified atom stereocenters. The van der Waals surface area contributed by atoms with E-state index in [1.807, 2.05) is 27.5 Å². The first kappa shape index (κ1) is 18.0. The number of amides is 2. The fourth-order valence-electron chi connectivity index (χ4n) is 4.17. The Hall–Kier alpha value is -1.85. The third kappa shape index (κ3) is 4.05. The molecule has 1 atom stereocenters. The van der Waals surface area contributed by atoms with E-state index >= 15 is 0 Å². The van der Waals surface area contributed by atoms with E-state index in [0.29, 0.717) is 24.7 Å². The number of aromatic nitrogens is 2. The highest BCUT2D eigenvalue weighted by Gasteiger charge is 2.45. The highest BCUT2D eigenvalue weighted by Crippen LogP contribution is 2.41. The van der Waals surface area contributed by atoms with Gasteiger partial charge in [-0.05, 0) is 25.7 Å². The fourth-order valence-corrected chi connectivity index (χ4v) is 4.17. The van der Waals surface area contributed by atoms with Gasteiger partial charge in [-0.2, -0.15) is 0 Å². The Kier molecular flexibility index (Phi) is 5.16. The van der Waals surface area contributed by atoms with Crippen LogP contribution < -0.4 is 0 Å². The highest BCUT2D eigenvalue weighted by atomic mass is 16.2. The molecule has 0 N–H and O–H groups in total. The van der Waals surface area contributed by atoms with Crippen LogP contribution in [-0.4, -0.2) is 57.3 Å². The van der Waals surface area contributed by atoms with Crippen molar-refractivity contribution in [2.75, 3.05) is 26.2 Å². The topological polar surface area (TPSA) is 58.4 Å². The zero-order valence-corrected chi connectivity index (χ0v) is 15.6. The van der Waals surface area contributed by atoms with Crippen LogP contribution in [-0.2, 0) is 9.59 Å². The van der Waals surface area contributed by atoms with E-state index in [4.69, 9.17) is 0 Å². The number of rotatable bonds is 5. The van der Waals surface area contributed by atoms with E-state index in [0.717, 1.165) is 39.0 Å². The molecule has 6 nitrogen and oxygen atoms in total. The molecule has 2 saturated heterocycles. The summed E-state index contributed by atoms with van der Waals surface area (Å²) in [5.41, 5.74) is 0.0959. The Labute approximate surface area is 150 Å². The number of imidazole rings is 1. The third-order valence-corrected chi connectivity index (χ3v) is 5.67. The van der Waals surface area contributed by atoms with Gasteiger partial charge in [-0.25, -0.2) is 4.98 Å². The summed E-state index contributed by atoms with van der Waals surface area (Å²) in [5.74, 6) is 1.01. The maximum atomic E-state index is 12.6. The lowest BCUT2D eigenvalue weighted by atomic mass is 9.77. The molecule has 0 bridgehead atoms. The van der Waals surface area contributed by atoms with Gasteiger partial charge in [0.15, 0.2) is 0 Å². The quantitative estimate of drug-likeness (QED) is 0.822. The summed E-state index contributed by atoms with van der Waals surface area (Å²) in [7, 11) is 0. The second kappa shape index (κ2) is 7.18. The number of likely N-dealkylation sites (tertiary alicyclic amines) is 2. The van der Waals surface area contributed by atoms with Crippen LogP contribution in [0.2, 0.25) is 0 Å². The smallest absolute Gasteiger partial charge is 0.224 e. The Bertz CT molecular complexity index is 603. The van der Waals surface area contributed by atoms with Gasteiger partial charge < -0.3 is 14.4 Å². The lowest BCUT2D eigenvalue weighted by molar-refractivity contribution is -0.134. The SMILES string of the molecule is CC(C)CN1CC2(CCN(C(=O)C[C@H](C)n3ccnc3)CC2)CC1=O. The molecule has 2 amide bonds. The molecule has 0 radical (unpaired) electrons. The predicted octanol–water partition coefficient (Wildman–Crippen LogP) is 2.33. The van der Waals surface area contributed by atoms with Gasteiger partial charge in [-0.15, -0.1) is 0 Å². The zero-order chi connectivity index (χ0) is 18.0. The van der Waals surface area contributed by atoms with Gasteiger partial charge in [0, 0.05) is 62.9 Å². The van der Waals surface area contributed by atoms with Gasteiger partial charge >= 0.3 is 0 Å². The molecular formula is C19H30N4O2. The number of hydrogen-bond donors (Lipinski definition) is 0. The molecular weight excluding hydrogens is 316 g/mol. The molecule has 0 aliphatic carbocycles. The standard InChI is InChI=1S/C19H30N4O2/c1-15(2)12-23-13-19(11-18(23)25)4-7-21(8-5-19)17(24)10-16(3)22-9-6-20-14-22/h6,9,14-16H,4-5,7-8,10-13H2,1-3H3/t16-/m0/s1. The van der Waals surface area contributed by atoms with Crippen LogP contribution in [0.4, 0.5) is 0 Å². The van der Waals surface area contributed by atoms with Crippen molar-refractivity contribution in [2.24, 2.45) is 11.3 Å². The molecule has 3 heterocycles. The van der Waals surface area contributed by atoms with Crippen LogP contribution >= 0.6 is 0 Å². The van der Waals surface area contributed by atoms with Crippen LogP contribution in [0.5, 0.6) is 0 Å². The largest absolute Gasteiger partial charge is 0.343 e. The van der Waals surface area contributed by atoms with E-state index < -0.39 is 0 Å². The van der Waals surface area contributed by atoms with Crippen molar-refractivity contribution < 1.29 is 9.59 Å². The van der Waals surface area contributed by atoms with Crippen molar-refractivity contribution in [1.82, 2.24) is 19.4 Å². The minimum Gasteiger partial charge on any atom is -0.343 e. The van der Waals surface area contributed by atoms with Gasteiger partial charge in [0.05, 0.1) is 6.33 Å². The third-order valence-electron chi connectivity index (χ3n) is 5.67. The molecule has 2 aliphatic heterocycles. The van der Waals surface area contributed by atoms with Crippen molar-refractivity contribution >= 4 is 11.8 Å². The average Bonchev–Trinajstić information content (AvgIpc) is 3.17. The second-order valence-electron chi connectivity index (χ2n) is 8.29. The molecule has 0 saturated carbocycles. The molecule has 6 heteroatoms. The summed E-state index contributed by atoms with van der Waals surface area (Å²) in [4.78, 5) is 33.0. The minimum absolute atomic E-state index is 0.0959. The zero-order valence-electron chi connectivity index (χ0n) is 15.6. The van der Waals surface area contributed by atoms with Crippen molar-refractivity contribution in [1.29, 1.82) is 0 Å². The Morgan fingerprint density at radius 3 is 2.60 bits per heavy atom. The van der Waals surface area contributed by atoms with Crippen LogP contribution in [0.1, 0.15) is 52.5 Å². The van der Waals surface area contributed by atoms with Gasteiger partial charge in [-0.1, -0.05) is 13.8 Å². The summed E-state index contributed by atoms with van der Waals surface area (Å²) in [5, 5.41) is 0. The van der Waals surface area contributed by atoms with Crippen LogP contribution in [0.15, 0.2) is 18.7 Å². The van der Waals surface area contributed by atoms with Crippen LogP contribution in [0.25, 0.3) is 0 Å². The van der Waals surface area contributed by atoms with Crippen LogP contribution in [0, 0.1) is 11.3 Å². The molecule has 1 aromatic heterocycles. The van der Waals surface area contributed by atoms with Gasteiger partial charge in [0.2, 0.25) is 11.8 Å². The summed E-state index contributed by atoms with van der Waals surface area (Å²) < 4.78 is 1.97. The summed E-state index contributed by atoms with van der Waals surface area (Å²) in [6.45, 7) is 9.63. The number of piperidine rings is 1. The first-order valence-electron chi connectivity index (χ1n) is 9.41. The minimum atomic E-state index is 0.0959. The van der Waals surface area contributed by atoms with Gasteiger partial charge in [0.1, 0.15) is 0 Å². The fraction of sp³-hybridized carbons (Fsp3) is 0.737. The molecule has 1 spiro atoms. The van der Waals surface area contributed by atoms with Crippen molar-refractivity contribution in [3.8, 4) is 0 Å². The molecule has 138 valence electrons. The lowest BCUT2D eigenvalue weighted by Gasteiger charge is -2.39. The normalized spacial score (nSPS) is 21.4. The van der Waals surface area contributed by atoms with Crippen LogP contribution in [0.3, 0.4) is 0 Å². The molecule has 2 aliphatic rings. The summed E-state index contributed by atoms with van der Waals surface area (Å²) in [6.07, 6.45) is 8.45. The number of carbonyl (C=O) groups excluding carboxylic acids is 2. The van der Waals surface area contributed by atoms with Gasteiger partial charge in [0.25, 0.3) is 0 Å². The van der Waals surface area contributed by atoms with Crippen molar-refractivity contribution in [2.45, 2.75) is 52.5 Å². The van der Waals surface area contributed by atoms with Gasteiger partial charge in [-0.3, -0.25) is 9.59 Å². The van der Waals surface area contributed by atoms with E-state index in [1.165, 1.54) is 0 Å². The molecule has 2 fully saturated rings. The maximum absolute atomic E-state index is 12.6. The first-order valence-corrected chi connectivity index (χ1v) is 9.41. The molecule has 25 heavy (non-hydrogen) atoms. The Morgan fingerprint density at radius 1 is 1.28 bits per heavy atom. The first-order chi connectivity index (χ1) is 11.9. The van der Waals surface area contributed by atoms with E-state index in [9.17, 15) is 9.59 Å². The predicted molar refractivity (Wildman–Crippen MR) is 95.8 cm³/mol. The maximum Gasteiger partial charge on any atom is 0.224 e. The number of nitrogens with zero attached hydrogens (tertiary/aromatic N) is 4. The Balaban J connectivity index is 1.52. The van der Waals surface area contributed by atoms with Crippen molar-refractivity contribution in [3.05, 3.63) is 18.7 Å². The lowest BCUT2D eigenvalue weighted by Crippen LogP contribution is -2.44. The molecule has 0 aromatic carbocycles. The molecule has 3 rings (SSSR count). The Morgan fingerprint density at radius 2 is 2.00 bits per heavy atom. The highest BCUT2D eigenvalue weighted by molar-refractivity contribution is 5.80. The summed E-state index contributed by atoms with van der Waals surface area (Å²) in [6, 6.07) is 0.125. The summed E-state index contributed by atoms with van der Waals surface area (Å²) >= 11 is 0. The second-order valence-corrected chi connectivity index (χ2v) is 8.29. The van der Waals surface area contributed by atoms with E-state index in [1.54, 1.807) is 12.5 Å².